The predicted molar refractivity (Wildman–Crippen MR) is 0 cm³/mol. The van der Waals surface area contributed by atoms with E-state index in [1.54, 1.807) is 0 Å². The van der Waals surface area contributed by atoms with Crippen molar-refractivity contribution in [2.45, 2.75) is 0 Å². The Kier molecular flexibility index (Phi) is 250. The molecule has 0 aliphatic heterocycles. The molecule has 0 aromatic rings. The van der Waals surface area contributed by atoms with Gasteiger partial charge in [0, 0.05) is 0 Å². The van der Waals surface area contributed by atoms with Gasteiger partial charge in [-0.3, -0.25) is 0 Å². The van der Waals surface area contributed by atoms with E-state index in [-0.39, 0.29) is 97.3 Å². The molecule has 0 spiro atoms. The summed E-state index contributed by atoms with van der Waals surface area (Å²) in [6.45, 7) is 0. The van der Waals surface area contributed by atoms with Crippen LogP contribution in [0.15, 0.2) is 0 Å². The van der Waals surface area contributed by atoms with Gasteiger partial charge in [-0.2, -0.15) is 0 Å². The Labute approximate surface area is 95.6 Å². The van der Waals surface area contributed by atoms with Crippen molar-refractivity contribution in [1.29, 1.82) is 0 Å². The summed E-state index contributed by atoms with van der Waals surface area (Å²) in [5, 5.41) is 0. The zero-order chi connectivity index (χ0) is 0. The van der Waals surface area contributed by atoms with Gasteiger partial charge in [0.25, 0.3) is 0 Å². The first-order valence-corrected chi connectivity index (χ1v) is 0. The molecule has 0 N–H and O–H groups in total. The van der Waals surface area contributed by atoms with Crippen LogP contribution in [0.1, 0.15) is 0 Å². The first kappa shape index (κ1) is 44.2. The van der Waals surface area contributed by atoms with Crippen molar-refractivity contribution in [3.63, 3.8) is 0 Å². The summed E-state index contributed by atoms with van der Waals surface area (Å²) in [7, 11) is 0. The zero-order valence-electron chi connectivity index (χ0n) is 2.47. The van der Waals surface area contributed by atoms with Crippen LogP contribution in [0, 0.1) is 0 Å². The second kappa shape index (κ2) is 28.3. The van der Waals surface area contributed by atoms with Gasteiger partial charge in [0.2, 0.25) is 0 Å². The third kappa shape index (κ3) is 19.6. The maximum absolute atomic E-state index is 0. The fourth-order valence-corrected chi connectivity index (χ4v) is 0. The Hall–Kier alpha value is 2.95. The molecule has 0 nitrogen and oxygen atoms in total. The quantitative estimate of drug-likeness (QED) is 0.389. The third-order valence-corrected chi connectivity index (χ3v) is 0. The van der Waals surface area contributed by atoms with Gasteiger partial charge in [0.05, 0.1) is 0 Å². The molecule has 0 heterocycles. The van der Waals surface area contributed by atoms with Crippen molar-refractivity contribution in [3.8, 4) is 0 Å². The van der Waals surface area contributed by atoms with Crippen LogP contribution in [0.25, 0.3) is 0 Å². The minimum absolute atomic E-state index is 0. The molecule has 0 aromatic heterocycles. The smallest absolute Gasteiger partial charge is 1.00 e. The first-order chi connectivity index (χ1) is 0. The number of hydrogen-bond donors (Lipinski definition) is 0. The van der Waals surface area contributed by atoms with Crippen LogP contribution in [-0.4, -0.2) is 0 Å². The number of rotatable bonds is 0. The Morgan fingerprint density at radius 2 is 0.600 bits per heavy atom. The van der Waals surface area contributed by atoms with Gasteiger partial charge < -0.3 is 50.9 Å². The van der Waals surface area contributed by atoms with Crippen molar-refractivity contribution >= 4 is 0 Å². The molecule has 31 valence electrons. The fourth-order valence-electron chi connectivity index (χ4n) is 0. The van der Waals surface area contributed by atoms with Crippen LogP contribution in [0.4, 0.5) is 0 Å². The van der Waals surface area contributed by atoms with E-state index in [0.717, 1.165) is 0 Å². The average molecular weight is 322 g/mol. The molecule has 0 saturated heterocycles. The largest absolute Gasteiger partial charge is 2.00 e. The minimum atomic E-state index is 0. The van der Waals surface area contributed by atoms with Gasteiger partial charge in [-0.1, -0.05) is 0 Å². The second-order valence-corrected chi connectivity index (χ2v) is 0. The van der Waals surface area contributed by atoms with E-state index in [1.807, 2.05) is 0 Å². The Bertz CT molecular complexity index is 6.85. The van der Waals surface area contributed by atoms with Crippen LogP contribution >= 0.6 is 0 Å². The van der Waals surface area contributed by atoms with Crippen molar-refractivity contribution in [2.24, 2.45) is 0 Å². The summed E-state index contributed by atoms with van der Waals surface area (Å²) in [6.07, 6.45) is 0. The third-order valence-electron chi connectivity index (χ3n) is 0. The van der Waals surface area contributed by atoms with Crippen molar-refractivity contribution in [1.82, 2.24) is 0 Å². The topological polar surface area (TPSA) is 0 Å². The van der Waals surface area contributed by atoms with Crippen LogP contribution in [0.5, 0.6) is 0 Å². The normalized spacial score (nSPS) is 0. The molecule has 0 fully saturated rings. The molecule has 0 atom stereocenters. The minimum Gasteiger partial charge on any atom is -1.00 e. The van der Waals surface area contributed by atoms with Gasteiger partial charge in [-0.05, 0) is 0 Å². The molecule has 5 heteroatoms. The number of hydrogen-bond acceptors (Lipinski definition) is 0. The summed E-state index contributed by atoms with van der Waals surface area (Å²) < 4.78 is 0. The van der Waals surface area contributed by atoms with Crippen molar-refractivity contribution < 1.29 is 97.3 Å². The summed E-state index contributed by atoms with van der Waals surface area (Å²) in [6, 6.07) is 0. The molecule has 0 rings (SSSR count). The van der Waals surface area contributed by atoms with Crippen LogP contribution < -0.4 is 80.5 Å². The van der Waals surface area contributed by atoms with Gasteiger partial charge in [0.15, 0.2) is 0 Å². The summed E-state index contributed by atoms with van der Waals surface area (Å²) in [5.74, 6) is 0. The number of halogens is 3. The predicted octanol–water partition coefficient (Wildman–Crippen LogP) is -12.0. The molecule has 1 radical (unpaired) electrons. The molecule has 0 aromatic carbocycles. The SMILES string of the molecule is [Br-].[Br-].[Br-].[Co+2].[Na+]. The monoisotopic (exact) mass is 319 g/mol. The van der Waals surface area contributed by atoms with E-state index < -0.39 is 0 Å². The molecule has 0 unspecified atom stereocenters. The Morgan fingerprint density at radius 3 is 0.600 bits per heavy atom. The van der Waals surface area contributed by atoms with Gasteiger partial charge in [-0.15, -0.1) is 0 Å². The van der Waals surface area contributed by atoms with Crippen molar-refractivity contribution in [2.75, 3.05) is 0 Å². The van der Waals surface area contributed by atoms with Gasteiger partial charge >= 0.3 is 46.3 Å². The van der Waals surface area contributed by atoms with E-state index in [0.29, 0.717) is 0 Å². The molecular weight excluding hydrogens is 322 g/mol. The van der Waals surface area contributed by atoms with Crippen LogP contribution in [-0.2, 0) is 16.8 Å². The van der Waals surface area contributed by atoms with Gasteiger partial charge in [-0.25, -0.2) is 0 Å². The van der Waals surface area contributed by atoms with Crippen molar-refractivity contribution in [3.05, 3.63) is 0 Å². The van der Waals surface area contributed by atoms with E-state index in [1.165, 1.54) is 0 Å². The summed E-state index contributed by atoms with van der Waals surface area (Å²) >= 11 is 0. The molecule has 0 bridgehead atoms. The first-order valence-electron chi connectivity index (χ1n) is 0. The fraction of sp³-hybridized carbons (Fsp3) is 0. The molecule has 0 aliphatic carbocycles. The van der Waals surface area contributed by atoms with E-state index in [2.05, 4.69) is 0 Å². The molecule has 0 aliphatic rings. The summed E-state index contributed by atoms with van der Waals surface area (Å²) in [4.78, 5) is 0. The second-order valence-electron chi connectivity index (χ2n) is 0. The molecular formula is Br3CoNa. The molecule has 0 amide bonds. The average Bonchev–Trinajstić information content (AvgIpc) is 0. The summed E-state index contributed by atoms with van der Waals surface area (Å²) in [5.41, 5.74) is 0. The van der Waals surface area contributed by atoms with Crippen LogP contribution in [0.3, 0.4) is 0 Å². The maximum atomic E-state index is 0. The van der Waals surface area contributed by atoms with E-state index >= 15 is 0 Å². The van der Waals surface area contributed by atoms with E-state index in [9.17, 15) is 0 Å². The maximum Gasteiger partial charge on any atom is 2.00 e. The Balaban J connectivity index is 0. The van der Waals surface area contributed by atoms with Crippen LogP contribution in [0.2, 0.25) is 0 Å². The van der Waals surface area contributed by atoms with Gasteiger partial charge in [0.1, 0.15) is 0 Å². The zero-order valence-corrected chi connectivity index (χ0v) is 10.3. The standard InChI is InChI=1S/3BrH.Co.Na/h3*1H;;/q;;;+2;+1/p-3. The molecule has 0 saturated carbocycles. The van der Waals surface area contributed by atoms with E-state index in [4.69, 9.17) is 0 Å². The Morgan fingerprint density at radius 1 is 0.600 bits per heavy atom. The molecule has 5 heavy (non-hydrogen) atoms.